The summed E-state index contributed by atoms with van der Waals surface area (Å²) in [7, 11) is 0. The molecule has 1 amide bonds. The van der Waals surface area contributed by atoms with E-state index in [4.69, 9.17) is 16.3 Å². The average Bonchev–Trinajstić information content (AvgIpc) is 3.25. The SMILES string of the molecule is CC(C)(C)OC(=O)NCC(C)(F)c1ncc(C#CC2CC2)cc1Cl. The first-order chi connectivity index (χ1) is 11.1. The lowest BCUT2D eigenvalue weighted by atomic mass is 10.0. The summed E-state index contributed by atoms with van der Waals surface area (Å²) in [6, 6.07) is 1.60. The topological polar surface area (TPSA) is 51.2 Å². The van der Waals surface area contributed by atoms with E-state index in [1.54, 1.807) is 26.8 Å². The van der Waals surface area contributed by atoms with E-state index in [1.807, 2.05) is 0 Å². The molecule has 1 N–H and O–H groups in total. The second-order valence-electron chi connectivity index (χ2n) is 7.15. The van der Waals surface area contributed by atoms with Gasteiger partial charge in [0.2, 0.25) is 0 Å². The molecular weight excluding hydrogens is 331 g/mol. The Bertz CT molecular complexity index is 682. The summed E-state index contributed by atoms with van der Waals surface area (Å²) in [5.41, 5.74) is -1.84. The summed E-state index contributed by atoms with van der Waals surface area (Å²) in [6.45, 7) is 6.24. The van der Waals surface area contributed by atoms with Crippen LogP contribution in [0.4, 0.5) is 9.18 Å². The van der Waals surface area contributed by atoms with Crippen molar-refractivity contribution in [3.05, 3.63) is 28.5 Å². The summed E-state index contributed by atoms with van der Waals surface area (Å²) >= 11 is 6.15. The Morgan fingerprint density at radius 2 is 2.12 bits per heavy atom. The van der Waals surface area contributed by atoms with E-state index in [0.717, 1.165) is 12.8 Å². The zero-order chi connectivity index (χ0) is 18.0. The standard InChI is InChI=1S/C18H22ClFN2O2/c1-17(2,3)24-16(23)22-11-18(4,20)15-14(19)9-13(10-21-15)8-7-12-5-6-12/h9-10,12H,5-6,11H2,1-4H3,(H,22,23). The first kappa shape index (κ1) is 18.5. The van der Waals surface area contributed by atoms with E-state index in [9.17, 15) is 9.18 Å². The van der Waals surface area contributed by atoms with Gasteiger partial charge >= 0.3 is 6.09 Å². The molecule has 0 spiro atoms. The van der Waals surface area contributed by atoms with Gasteiger partial charge in [-0.05, 0) is 46.6 Å². The Morgan fingerprint density at radius 3 is 2.67 bits per heavy atom. The van der Waals surface area contributed by atoms with Gasteiger partial charge in [0.25, 0.3) is 0 Å². The van der Waals surface area contributed by atoms with Gasteiger partial charge < -0.3 is 10.1 Å². The summed E-state index contributed by atoms with van der Waals surface area (Å²) in [4.78, 5) is 15.8. The van der Waals surface area contributed by atoms with Crippen LogP contribution in [0, 0.1) is 17.8 Å². The normalized spacial score (nSPS) is 16.6. The Kier molecular flexibility index (Phi) is 5.39. The maximum atomic E-state index is 14.9. The number of alkyl carbamates (subject to hydrolysis) is 1. The quantitative estimate of drug-likeness (QED) is 0.829. The highest BCUT2D eigenvalue weighted by molar-refractivity contribution is 6.31. The summed E-state index contributed by atoms with van der Waals surface area (Å²) in [6.07, 6.45) is 3.08. The van der Waals surface area contributed by atoms with E-state index in [0.29, 0.717) is 11.5 Å². The smallest absolute Gasteiger partial charge is 0.407 e. The lowest BCUT2D eigenvalue weighted by Gasteiger charge is -2.24. The third kappa shape index (κ3) is 5.68. The second kappa shape index (κ2) is 6.98. The molecule has 1 atom stereocenters. The van der Waals surface area contributed by atoms with Gasteiger partial charge in [0.15, 0.2) is 5.67 Å². The van der Waals surface area contributed by atoms with Crippen LogP contribution in [0.1, 0.15) is 51.8 Å². The zero-order valence-corrected chi connectivity index (χ0v) is 15.1. The van der Waals surface area contributed by atoms with Gasteiger partial charge in [0.1, 0.15) is 5.60 Å². The number of rotatable bonds is 3. The largest absolute Gasteiger partial charge is 0.444 e. The molecule has 1 aliphatic rings. The molecule has 24 heavy (non-hydrogen) atoms. The van der Waals surface area contributed by atoms with Crippen LogP contribution in [-0.2, 0) is 10.4 Å². The predicted octanol–water partition coefficient (Wildman–Crippen LogP) is 4.21. The second-order valence-corrected chi connectivity index (χ2v) is 7.56. The molecule has 4 nitrogen and oxygen atoms in total. The number of halogens is 2. The van der Waals surface area contributed by atoms with Gasteiger partial charge in [-0.2, -0.15) is 0 Å². The van der Waals surface area contributed by atoms with Crippen LogP contribution in [0.5, 0.6) is 0 Å². The van der Waals surface area contributed by atoms with E-state index < -0.39 is 17.4 Å². The first-order valence-electron chi connectivity index (χ1n) is 7.90. The Morgan fingerprint density at radius 1 is 1.46 bits per heavy atom. The van der Waals surface area contributed by atoms with Gasteiger partial charge in [0.05, 0.1) is 17.3 Å². The van der Waals surface area contributed by atoms with Gasteiger partial charge in [-0.1, -0.05) is 23.4 Å². The number of amides is 1. The van der Waals surface area contributed by atoms with Gasteiger partial charge in [0, 0.05) is 17.7 Å². The number of ether oxygens (including phenoxy) is 1. The van der Waals surface area contributed by atoms with Crippen LogP contribution < -0.4 is 5.32 Å². The zero-order valence-electron chi connectivity index (χ0n) is 14.4. The lowest BCUT2D eigenvalue weighted by Crippen LogP contribution is -2.39. The Labute approximate surface area is 147 Å². The number of pyridine rings is 1. The maximum Gasteiger partial charge on any atom is 0.407 e. The van der Waals surface area contributed by atoms with Crippen LogP contribution in [0.3, 0.4) is 0 Å². The summed E-state index contributed by atoms with van der Waals surface area (Å²) in [5, 5.41) is 2.59. The molecule has 1 unspecified atom stereocenters. The number of aromatic nitrogens is 1. The van der Waals surface area contributed by atoms with E-state index >= 15 is 0 Å². The third-order valence-corrected chi connectivity index (χ3v) is 3.58. The number of carbonyl (C=O) groups is 1. The van der Waals surface area contributed by atoms with Crippen molar-refractivity contribution in [3.63, 3.8) is 0 Å². The molecule has 1 aliphatic carbocycles. The highest BCUT2D eigenvalue weighted by Gasteiger charge is 2.31. The van der Waals surface area contributed by atoms with Crippen LogP contribution in [0.2, 0.25) is 5.02 Å². The molecule has 0 saturated heterocycles. The van der Waals surface area contributed by atoms with Crippen molar-refractivity contribution in [1.82, 2.24) is 10.3 Å². The monoisotopic (exact) mass is 352 g/mol. The highest BCUT2D eigenvalue weighted by atomic mass is 35.5. The van der Waals surface area contributed by atoms with E-state index in [1.165, 1.54) is 13.1 Å². The number of hydrogen-bond donors (Lipinski definition) is 1. The summed E-state index contributed by atoms with van der Waals surface area (Å²) < 4.78 is 20.0. The predicted molar refractivity (Wildman–Crippen MR) is 91.5 cm³/mol. The Hall–Kier alpha value is -1.80. The molecule has 1 aromatic heterocycles. The third-order valence-electron chi connectivity index (χ3n) is 3.30. The fraction of sp³-hybridized carbons (Fsp3) is 0.556. The molecule has 1 fully saturated rings. The molecule has 0 bridgehead atoms. The van der Waals surface area contributed by atoms with Crippen molar-refractivity contribution in [1.29, 1.82) is 0 Å². The van der Waals surface area contributed by atoms with Crippen molar-refractivity contribution in [2.24, 2.45) is 5.92 Å². The molecule has 2 rings (SSSR count). The van der Waals surface area contributed by atoms with E-state index in [-0.39, 0.29) is 17.3 Å². The molecule has 0 aromatic carbocycles. The molecular formula is C18H22ClFN2O2. The van der Waals surface area contributed by atoms with Crippen LogP contribution in [0.15, 0.2) is 12.3 Å². The van der Waals surface area contributed by atoms with Crippen molar-refractivity contribution in [2.75, 3.05) is 6.54 Å². The molecule has 1 aromatic rings. The fourth-order valence-corrected chi connectivity index (χ4v) is 2.30. The molecule has 1 saturated carbocycles. The fourth-order valence-electron chi connectivity index (χ4n) is 1.94. The van der Waals surface area contributed by atoms with Crippen LogP contribution >= 0.6 is 11.6 Å². The summed E-state index contributed by atoms with van der Waals surface area (Å²) in [5.74, 6) is 6.56. The van der Waals surface area contributed by atoms with Gasteiger partial charge in [-0.3, -0.25) is 4.98 Å². The minimum absolute atomic E-state index is 0.0668. The van der Waals surface area contributed by atoms with E-state index in [2.05, 4.69) is 22.1 Å². The molecule has 6 heteroatoms. The van der Waals surface area contributed by atoms with Crippen molar-refractivity contribution in [2.45, 2.75) is 51.8 Å². The average molecular weight is 353 g/mol. The maximum absolute atomic E-state index is 14.9. The van der Waals surface area contributed by atoms with Gasteiger partial charge in [-0.25, -0.2) is 9.18 Å². The minimum Gasteiger partial charge on any atom is -0.444 e. The number of carbonyl (C=O) groups excluding carboxylic acids is 1. The van der Waals surface area contributed by atoms with Gasteiger partial charge in [-0.15, -0.1) is 0 Å². The Balaban J connectivity index is 2.03. The van der Waals surface area contributed by atoms with Crippen LogP contribution in [-0.4, -0.2) is 23.2 Å². The number of hydrogen-bond acceptors (Lipinski definition) is 3. The number of nitrogens with zero attached hydrogens (tertiary/aromatic N) is 1. The minimum atomic E-state index is -1.92. The highest BCUT2D eigenvalue weighted by Crippen LogP contribution is 2.30. The molecule has 0 radical (unpaired) electrons. The number of alkyl halides is 1. The van der Waals surface area contributed by atoms with Crippen molar-refractivity contribution < 1.29 is 13.9 Å². The number of nitrogens with one attached hydrogen (secondary N) is 1. The van der Waals surface area contributed by atoms with Crippen LogP contribution in [0.25, 0.3) is 0 Å². The molecule has 0 aliphatic heterocycles. The van der Waals surface area contributed by atoms with Crippen molar-refractivity contribution >= 4 is 17.7 Å². The van der Waals surface area contributed by atoms with Crippen molar-refractivity contribution in [3.8, 4) is 11.8 Å². The first-order valence-corrected chi connectivity index (χ1v) is 8.28. The molecule has 1 heterocycles. The molecule has 130 valence electrons. The lowest BCUT2D eigenvalue weighted by molar-refractivity contribution is 0.0481.